The van der Waals surface area contributed by atoms with Gasteiger partial charge < -0.3 is 0 Å². The second-order valence-electron chi connectivity index (χ2n) is 9.52. The van der Waals surface area contributed by atoms with Gasteiger partial charge in [-0.25, -0.2) is 11.1 Å². The van der Waals surface area contributed by atoms with E-state index < -0.39 is 0 Å². The topological polar surface area (TPSA) is 0 Å². The van der Waals surface area contributed by atoms with Crippen LogP contribution in [0.4, 0.5) is 0 Å². The van der Waals surface area contributed by atoms with Crippen LogP contribution in [0.3, 0.4) is 0 Å². The SMILES string of the molecule is [Y].[c-]1ccccc1-c1[c-]ccc(-c2c3ccccc3c(-c3ccccc3-c3ccccc3)c3ccccc23)c1. The molecule has 0 spiro atoms. The molecule has 0 bridgehead atoms. The molecule has 1 radical (unpaired) electrons. The summed E-state index contributed by atoms with van der Waals surface area (Å²) in [4.78, 5) is 0. The van der Waals surface area contributed by atoms with Crippen LogP contribution in [0.1, 0.15) is 0 Å². The Hall–Kier alpha value is -3.84. The average Bonchev–Trinajstić information content (AvgIpc) is 3.01. The minimum absolute atomic E-state index is 0. The molecule has 0 nitrogen and oxygen atoms in total. The van der Waals surface area contributed by atoms with Crippen LogP contribution in [0.15, 0.2) is 146 Å². The van der Waals surface area contributed by atoms with Crippen molar-refractivity contribution in [1.29, 1.82) is 0 Å². The normalized spacial score (nSPS) is 10.9. The van der Waals surface area contributed by atoms with Crippen LogP contribution in [0.2, 0.25) is 0 Å². The molecule has 0 aliphatic heterocycles. The fraction of sp³-hybridized carbons (Fsp3) is 0. The molecule has 0 atom stereocenters. The molecule has 7 aromatic carbocycles. The summed E-state index contributed by atoms with van der Waals surface area (Å²) in [6.07, 6.45) is 0. The van der Waals surface area contributed by atoms with E-state index in [0.29, 0.717) is 0 Å². The van der Waals surface area contributed by atoms with Crippen molar-refractivity contribution in [2.45, 2.75) is 0 Å². The molecule has 0 aliphatic carbocycles. The summed E-state index contributed by atoms with van der Waals surface area (Å²) in [5, 5.41) is 5.01. The predicted octanol–water partition coefficient (Wildman–Crippen LogP) is 10.3. The average molecular weight is 570 g/mol. The third kappa shape index (κ3) is 4.65. The van der Waals surface area contributed by atoms with Gasteiger partial charge in [-0.15, -0.1) is 17.7 Å². The van der Waals surface area contributed by atoms with Crippen LogP contribution in [0.5, 0.6) is 0 Å². The minimum Gasteiger partial charge on any atom is -0.226 e. The first-order valence-electron chi connectivity index (χ1n) is 13.0. The zero-order chi connectivity index (χ0) is 25.3. The molecule has 7 rings (SSSR count). The number of rotatable bonds is 4. The largest absolute Gasteiger partial charge is 0.226 e. The van der Waals surface area contributed by atoms with Crippen molar-refractivity contribution >= 4 is 21.5 Å². The Morgan fingerprint density at radius 3 is 1.54 bits per heavy atom. The standard InChI is InChI=1S/C38H24.Y/c1-3-14-27(15-4-1)29-18-13-19-30(26-29)37-33-22-9-11-24-35(33)38(36-25-12-10-23-34(36)37)32-21-8-7-20-31(32)28-16-5-2-6-17-28;/h1-14,16-17,19-26H;/q-2;. The van der Waals surface area contributed by atoms with Gasteiger partial charge in [0.05, 0.1) is 0 Å². The summed E-state index contributed by atoms with van der Waals surface area (Å²) >= 11 is 0. The van der Waals surface area contributed by atoms with Crippen molar-refractivity contribution in [3.8, 4) is 44.5 Å². The van der Waals surface area contributed by atoms with Gasteiger partial charge in [0, 0.05) is 32.7 Å². The number of benzene rings is 7. The van der Waals surface area contributed by atoms with Gasteiger partial charge in [0.2, 0.25) is 0 Å². The molecule has 0 saturated heterocycles. The third-order valence-corrected chi connectivity index (χ3v) is 7.30. The van der Waals surface area contributed by atoms with E-state index in [0.717, 1.165) is 11.1 Å². The first kappa shape index (κ1) is 25.4. The van der Waals surface area contributed by atoms with Gasteiger partial charge in [0.15, 0.2) is 0 Å². The van der Waals surface area contributed by atoms with Crippen LogP contribution in [0, 0.1) is 12.1 Å². The number of fused-ring (bicyclic) bond motifs is 2. The quantitative estimate of drug-likeness (QED) is 0.146. The smallest absolute Gasteiger partial charge is 0 e. The summed E-state index contributed by atoms with van der Waals surface area (Å²) in [7, 11) is 0. The van der Waals surface area contributed by atoms with Crippen LogP contribution in [0.25, 0.3) is 66.1 Å². The summed E-state index contributed by atoms with van der Waals surface area (Å²) in [6, 6.07) is 58.5. The molecular weight excluding hydrogens is 545 g/mol. The van der Waals surface area contributed by atoms with Gasteiger partial charge in [-0.3, -0.25) is 0 Å². The molecule has 7 aromatic rings. The fourth-order valence-electron chi connectivity index (χ4n) is 5.64. The Morgan fingerprint density at radius 2 is 0.897 bits per heavy atom. The zero-order valence-corrected chi connectivity index (χ0v) is 24.3. The van der Waals surface area contributed by atoms with Crippen molar-refractivity contribution < 1.29 is 32.7 Å². The van der Waals surface area contributed by atoms with Crippen molar-refractivity contribution in [3.05, 3.63) is 158 Å². The van der Waals surface area contributed by atoms with Crippen LogP contribution in [-0.4, -0.2) is 0 Å². The fourth-order valence-corrected chi connectivity index (χ4v) is 5.64. The van der Waals surface area contributed by atoms with E-state index in [2.05, 4.69) is 140 Å². The maximum absolute atomic E-state index is 3.42. The molecule has 0 N–H and O–H groups in total. The molecule has 1 heteroatoms. The van der Waals surface area contributed by atoms with E-state index >= 15 is 0 Å². The van der Waals surface area contributed by atoms with E-state index in [-0.39, 0.29) is 32.7 Å². The molecule has 39 heavy (non-hydrogen) atoms. The second kappa shape index (κ2) is 11.1. The van der Waals surface area contributed by atoms with Gasteiger partial charge in [0.25, 0.3) is 0 Å². The molecule has 181 valence electrons. The monoisotopic (exact) mass is 569 g/mol. The molecule has 0 fully saturated rings. The first-order valence-corrected chi connectivity index (χ1v) is 13.0. The molecule has 0 saturated carbocycles. The Kier molecular flexibility index (Phi) is 7.25. The third-order valence-electron chi connectivity index (χ3n) is 7.30. The molecule has 0 heterocycles. The van der Waals surface area contributed by atoms with Crippen molar-refractivity contribution in [1.82, 2.24) is 0 Å². The summed E-state index contributed by atoms with van der Waals surface area (Å²) < 4.78 is 0. The summed E-state index contributed by atoms with van der Waals surface area (Å²) in [5.41, 5.74) is 9.54. The van der Waals surface area contributed by atoms with Gasteiger partial charge in [0.1, 0.15) is 0 Å². The Bertz CT molecular complexity index is 1850. The molecule has 0 unspecified atom stereocenters. The zero-order valence-electron chi connectivity index (χ0n) is 21.4. The maximum Gasteiger partial charge on any atom is 0 e. The molecular formula is C38H24Y-2. The van der Waals surface area contributed by atoms with Gasteiger partial charge >= 0.3 is 0 Å². The molecule has 0 aliphatic rings. The van der Waals surface area contributed by atoms with Gasteiger partial charge in [-0.05, 0) is 49.4 Å². The number of hydrogen-bond acceptors (Lipinski definition) is 0. The number of hydrogen-bond donors (Lipinski definition) is 0. The van der Waals surface area contributed by atoms with Gasteiger partial charge in [-0.1, -0.05) is 103 Å². The van der Waals surface area contributed by atoms with E-state index in [1.807, 2.05) is 18.2 Å². The Balaban J connectivity index is 0.00000277. The Morgan fingerprint density at radius 1 is 0.359 bits per heavy atom. The predicted molar refractivity (Wildman–Crippen MR) is 161 cm³/mol. The second-order valence-corrected chi connectivity index (χ2v) is 9.52. The van der Waals surface area contributed by atoms with E-state index in [1.54, 1.807) is 0 Å². The molecule has 0 aromatic heterocycles. The van der Waals surface area contributed by atoms with Crippen molar-refractivity contribution in [2.24, 2.45) is 0 Å². The van der Waals surface area contributed by atoms with Crippen molar-refractivity contribution in [3.63, 3.8) is 0 Å². The summed E-state index contributed by atoms with van der Waals surface area (Å²) in [5.74, 6) is 0. The first-order chi connectivity index (χ1) is 18.9. The molecule has 0 amide bonds. The van der Waals surface area contributed by atoms with E-state index in [1.165, 1.54) is 54.9 Å². The van der Waals surface area contributed by atoms with Crippen LogP contribution < -0.4 is 0 Å². The van der Waals surface area contributed by atoms with E-state index in [9.17, 15) is 0 Å². The van der Waals surface area contributed by atoms with Crippen LogP contribution >= 0.6 is 0 Å². The van der Waals surface area contributed by atoms with Crippen molar-refractivity contribution in [2.75, 3.05) is 0 Å². The summed E-state index contributed by atoms with van der Waals surface area (Å²) in [6.45, 7) is 0. The van der Waals surface area contributed by atoms with Crippen LogP contribution in [-0.2, 0) is 32.7 Å². The Labute approximate surface area is 254 Å². The van der Waals surface area contributed by atoms with E-state index in [4.69, 9.17) is 0 Å². The minimum atomic E-state index is 0. The van der Waals surface area contributed by atoms with Gasteiger partial charge in [-0.2, -0.15) is 42.5 Å². The maximum atomic E-state index is 3.42.